The second kappa shape index (κ2) is 6.08. The number of phenols is 2. The number of phenolic OH excluding ortho intramolecular Hbond substituents is 2. The zero-order valence-corrected chi connectivity index (χ0v) is 12.7. The Morgan fingerprint density at radius 1 is 1.13 bits per heavy atom. The third-order valence-electron chi connectivity index (χ3n) is 3.65. The third-order valence-corrected chi connectivity index (χ3v) is 3.65. The summed E-state index contributed by atoms with van der Waals surface area (Å²) in [4.78, 5) is 35.1. The molecule has 120 valence electrons. The van der Waals surface area contributed by atoms with E-state index in [0.717, 1.165) is 6.08 Å². The average molecular weight is 316 g/mol. The summed E-state index contributed by atoms with van der Waals surface area (Å²) in [6.07, 6.45) is 4.50. The molecule has 0 saturated carbocycles. The number of benzene rings is 1. The highest BCUT2D eigenvalue weighted by Crippen LogP contribution is 2.41. The van der Waals surface area contributed by atoms with E-state index in [1.165, 1.54) is 19.1 Å². The van der Waals surface area contributed by atoms with Gasteiger partial charge in [0, 0.05) is 23.1 Å². The molecule has 0 radical (unpaired) electrons. The van der Waals surface area contributed by atoms with Crippen molar-refractivity contribution in [3.05, 3.63) is 34.1 Å². The number of rotatable bonds is 4. The largest absolute Gasteiger partial charge is 0.507 e. The summed E-state index contributed by atoms with van der Waals surface area (Å²) in [7, 11) is 0. The van der Waals surface area contributed by atoms with E-state index in [-0.39, 0.29) is 33.8 Å². The standard InChI is InChI=1S/C17H16O6/c1-3-4-9(18)5-6-10-8(2)14(20)11-7-12(19)16(22)17(23)13(11)15(10)21/h5-7,19-21H,3-4H2,1-2H3/b6-5+. The molecule has 0 aliphatic heterocycles. The molecule has 0 bridgehead atoms. The number of ketones is 3. The minimum atomic E-state index is -1.16. The summed E-state index contributed by atoms with van der Waals surface area (Å²) in [5, 5.41) is 29.9. The molecule has 0 amide bonds. The smallest absolute Gasteiger partial charge is 0.267 e. The van der Waals surface area contributed by atoms with Gasteiger partial charge in [0.1, 0.15) is 11.5 Å². The summed E-state index contributed by atoms with van der Waals surface area (Å²) >= 11 is 0. The van der Waals surface area contributed by atoms with E-state index >= 15 is 0 Å². The van der Waals surface area contributed by atoms with E-state index in [0.29, 0.717) is 12.8 Å². The van der Waals surface area contributed by atoms with Gasteiger partial charge in [-0.1, -0.05) is 6.92 Å². The van der Waals surface area contributed by atoms with E-state index < -0.39 is 23.1 Å². The first-order chi connectivity index (χ1) is 10.8. The summed E-state index contributed by atoms with van der Waals surface area (Å²) in [5.74, 6) is -4.07. The van der Waals surface area contributed by atoms with Crippen LogP contribution >= 0.6 is 0 Å². The Bertz CT molecular complexity index is 783. The van der Waals surface area contributed by atoms with Gasteiger partial charge in [-0.15, -0.1) is 0 Å². The number of aliphatic hydroxyl groups excluding tert-OH is 1. The van der Waals surface area contributed by atoms with Crippen molar-refractivity contribution >= 4 is 29.5 Å². The number of aliphatic hydroxyl groups is 1. The number of hydrogen-bond acceptors (Lipinski definition) is 6. The van der Waals surface area contributed by atoms with Gasteiger partial charge in [-0.3, -0.25) is 14.4 Å². The third kappa shape index (κ3) is 2.75. The number of aromatic hydroxyl groups is 2. The monoisotopic (exact) mass is 316 g/mol. The molecule has 0 atom stereocenters. The maximum absolute atomic E-state index is 12.0. The predicted molar refractivity (Wildman–Crippen MR) is 83.4 cm³/mol. The normalized spacial score (nSPS) is 14.1. The number of fused-ring (bicyclic) bond motifs is 1. The van der Waals surface area contributed by atoms with Crippen LogP contribution in [0.3, 0.4) is 0 Å². The molecule has 0 heterocycles. The number of hydrogen-bond donors (Lipinski definition) is 3. The zero-order chi connectivity index (χ0) is 17.3. The van der Waals surface area contributed by atoms with Crippen molar-refractivity contribution in [3.63, 3.8) is 0 Å². The maximum atomic E-state index is 12.0. The molecular formula is C17H16O6. The molecule has 1 aliphatic carbocycles. The van der Waals surface area contributed by atoms with E-state index in [9.17, 15) is 29.7 Å². The Morgan fingerprint density at radius 2 is 1.78 bits per heavy atom. The van der Waals surface area contributed by atoms with Crippen molar-refractivity contribution in [1.29, 1.82) is 0 Å². The lowest BCUT2D eigenvalue weighted by atomic mass is 9.87. The first-order valence-corrected chi connectivity index (χ1v) is 7.08. The van der Waals surface area contributed by atoms with Crippen LogP contribution in [0.2, 0.25) is 0 Å². The van der Waals surface area contributed by atoms with Crippen LogP contribution in [0.5, 0.6) is 11.5 Å². The van der Waals surface area contributed by atoms with E-state index in [1.807, 2.05) is 6.92 Å². The maximum Gasteiger partial charge on any atom is 0.267 e. The minimum Gasteiger partial charge on any atom is -0.507 e. The molecule has 0 aromatic heterocycles. The van der Waals surface area contributed by atoms with Crippen molar-refractivity contribution in [3.8, 4) is 11.5 Å². The summed E-state index contributed by atoms with van der Waals surface area (Å²) in [6, 6.07) is 0. The SMILES string of the molecule is CCCC(=O)/C=C/c1c(C)c(O)c2c(c1O)C(=O)C(=O)C(O)=C2. The fraction of sp³-hybridized carbons (Fsp3) is 0.235. The van der Waals surface area contributed by atoms with Crippen LogP contribution < -0.4 is 0 Å². The number of carbonyl (C=O) groups excluding carboxylic acids is 3. The molecule has 0 spiro atoms. The summed E-state index contributed by atoms with van der Waals surface area (Å²) in [5.41, 5.74) is -0.174. The van der Waals surface area contributed by atoms with Gasteiger partial charge >= 0.3 is 0 Å². The predicted octanol–water partition coefficient (Wildman–Crippen LogP) is 2.45. The molecule has 1 aromatic rings. The highest BCUT2D eigenvalue weighted by molar-refractivity contribution is 6.51. The second-order valence-electron chi connectivity index (χ2n) is 5.26. The zero-order valence-electron chi connectivity index (χ0n) is 12.7. The van der Waals surface area contributed by atoms with Crippen LogP contribution in [-0.4, -0.2) is 32.7 Å². The van der Waals surface area contributed by atoms with Crippen LogP contribution in [0.1, 0.15) is 46.8 Å². The van der Waals surface area contributed by atoms with Crippen LogP contribution in [-0.2, 0) is 9.59 Å². The minimum absolute atomic E-state index is 0.0849. The van der Waals surface area contributed by atoms with Crippen LogP contribution in [0.4, 0.5) is 0 Å². The van der Waals surface area contributed by atoms with E-state index in [2.05, 4.69) is 0 Å². The lowest BCUT2D eigenvalue weighted by Gasteiger charge is -2.18. The van der Waals surface area contributed by atoms with Crippen molar-refractivity contribution < 1.29 is 29.7 Å². The lowest BCUT2D eigenvalue weighted by Crippen LogP contribution is -2.22. The number of allylic oxidation sites excluding steroid dienone is 2. The summed E-state index contributed by atoms with van der Waals surface area (Å²) in [6.45, 7) is 3.34. The Balaban J connectivity index is 2.65. The average Bonchev–Trinajstić information content (AvgIpc) is 2.50. The molecule has 1 aromatic carbocycles. The van der Waals surface area contributed by atoms with Crippen molar-refractivity contribution in [2.24, 2.45) is 0 Å². The number of Topliss-reactive ketones (excluding diaryl/α,β-unsaturated/α-hetero) is 2. The van der Waals surface area contributed by atoms with Gasteiger partial charge in [-0.25, -0.2) is 0 Å². The van der Waals surface area contributed by atoms with Gasteiger partial charge in [0.15, 0.2) is 11.5 Å². The molecule has 2 rings (SSSR count). The van der Waals surface area contributed by atoms with Crippen LogP contribution in [0, 0.1) is 6.92 Å². The van der Waals surface area contributed by atoms with Crippen molar-refractivity contribution in [1.82, 2.24) is 0 Å². The van der Waals surface area contributed by atoms with Gasteiger partial charge < -0.3 is 15.3 Å². The Kier molecular flexibility index (Phi) is 4.36. The van der Waals surface area contributed by atoms with Gasteiger partial charge in [0.05, 0.1) is 5.56 Å². The molecule has 0 saturated heterocycles. The highest BCUT2D eigenvalue weighted by atomic mass is 16.3. The van der Waals surface area contributed by atoms with Crippen molar-refractivity contribution in [2.75, 3.05) is 0 Å². The van der Waals surface area contributed by atoms with Crippen LogP contribution in [0.25, 0.3) is 12.2 Å². The van der Waals surface area contributed by atoms with Gasteiger partial charge in [0.25, 0.3) is 5.78 Å². The Morgan fingerprint density at radius 3 is 2.39 bits per heavy atom. The Labute approximate surface area is 132 Å². The van der Waals surface area contributed by atoms with Gasteiger partial charge in [-0.2, -0.15) is 0 Å². The summed E-state index contributed by atoms with van der Waals surface area (Å²) < 4.78 is 0. The molecule has 6 nitrogen and oxygen atoms in total. The topological polar surface area (TPSA) is 112 Å². The van der Waals surface area contributed by atoms with E-state index in [4.69, 9.17) is 0 Å². The Hall–Kier alpha value is -2.89. The highest BCUT2D eigenvalue weighted by Gasteiger charge is 2.34. The lowest BCUT2D eigenvalue weighted by molar-refractivity contribution is -0.115. The van der Waals surface area contributed by atoms with Gasteiger partial charge in [-0.05, 0) is 31.6 Å². The van der Waals surface area contributed by atoms with Crippen molar-refractivity contribution in [2.45, 2.75) is 26.7 Å². The molecule has 6 heteroatoms. The fourth-order valence-electron chi connectivity index (χ4n) is 2.40. The molecule has 0 fully saturated rings. The molecule has 1 aliphatic rings. The fourth-order valence-corrected chi connectivity index (χ4v) is 2.40. The number of carbonyl (C=O) groups is 3. The quantitative estimate of drug-likeness (QED) is 0.447. The van der Waals surface area contributed by atoms with Gasteiger partial charge in [0.2, 0.25) is 5.78 Å². The van der Waals surface area contributed by atoms with E-state index in [1.54, 1.807) is 0 Å². The first-order valence-electron chi connectivity index (χ1n) is 7.08. The van der Waals surface area contributed by atoms with Crippen LogP contribution in [0.15, 0.2) is 11.8 Å². The molecule has 3 N–H and O–H groups in total. The second-order valence-corrected chi connectivity index (χ2v) is 5.26. The molecule has 0 unspecified atom stereocenters. The first kappa shape index (κ1) is 16.5. The molecular weight excluding hydrogens is 300 g/mol. The molecule has 23 heavy (non-hydrogen) atoms.